The summed E-state index contributed by atoms with van der Waals surface area (Å²) in [7, 11) is 1.45. The van der Waals surface area contributed by atoms with Gasteiger partial charge in [-0.25, -0.2) is 0 Å². The lowest BCUT2D eigenvalue weighted by Gasteiger charge is -2.31. The zero-order chi connectivity index (χ0) is 28.2. The highest BCUT2D eigenvalue weighted by molar-refractivity contribution is 5.68. The van der Waals surface area contributed by atoms with Crippen molar-refractivity contribution in [2.75, 3.05) is 20.3 Å². The average molecular weight is 565 g/mol. The number of rotatable bonds is 15. The van der Waals surface area contributed by atoms with Crippen LogP contribution in [-0.4, -0.2) is 62.3 Å². The fraction of sp³-hybridized carbons (Fsp3) is 0.909. The second-order valence-corrected chi connectivity index (χ2v) is 12.7. The molecule has 4 fully saturated rings. The molecule has 2 aliphatic carbocycles. The van der Waals surface area contributed by atoms with E-state index in [0.29, 0.717) is 18.8 Å². The Morgan fingerprint density at radius 2 is 1.70 bits per heavy atom. The van der Waals surface area contributed by atoms with Gasteiger partial charge in [0.05, 0.1) is 25.4 Å². The van der Waals surface area contributed by atoms with Crippen molar-refractivity contribution in [3.05, 3.63) is 12.2 Å². The maximum atomic E-state index is 11.4. The molecule has 4 aliphatic rings. The average Bonchev–Trinajstić information content (AvgIpc) is 3.58. The van der Waals surface area contributed by atoms with Crippen LogP contribution in [0.1, 0.15) is 116 Å². The van der Waals surface area contributed by atoms with Crippen molar-refractivity contribution in [2.24, 2.45) is 23.7 Å². The van der Waals surface area contributed by atoms with Gasteiger partial charge in [0.2, 0.25) is 0 Å². The molecule has 40 heavy (non-hydrogen) atoms. The summed E-state index contributed by atoms with van der Waals surface area (Å²) in [5.41, 5.74) is 0. The smallest absolute Gasteiger partial charge is 0.305 e. The molecule has 9 atom stereocenters. The first-order chi connectivity index (χ1) is 19.6. The molecule has 7 heteroatoms. The van der Waals surface area contributed by atoms with Crippen LogP contribution in [0, 0.1) is 23.7 Å². The Bertz CT molecular complexity index is 745. The molecule has 0 aromatic rings. The summed E-state index contributed by atoms with van der Waals surface area (Å²) in [5.74, 6) is 1.47. The van der Waals surface area contributed by atoms with Crippen LogP contribution >= 0.6 is 0 Å². The SMILES string of the molecule is CCC1CCC([C@@H](C=C[C@@H]2[C@@H](CCCCCCC(=O)OC)[C@@H](O)C[C@H]2OC2CCCCO2)OC2CCCCO2)C1. The van der Waals surface area contributed by atoms with Crippen LogP contribution in [0.25, 0.3) is 0 Å². The van der Waals surface area contributed by atoms with Gasteiger partial charge >= 0.3 is 5.97 Å². The van der Waals surface area contributed by atoms with Gasteiger partial charge in [-0.1, -0.05) is 51.2 Å². The monoisotopic (exact) mass is 564 g/mol. The molecule has 2 saturated carbocycles. The zero-order valence-corrected chi connectivity index (χ0v) is 25.2. The van der Waals surface area contributed by atoms with Crippen molar-refractivity contribution >= 4 is 5.97 Å². The molecule has 2 heterocycles. The number of carbonyl (C=O) groups is 1. The Labute approximate surface area is 242 Å². The fourth-order valence-electron chi connectivity index (χ4n) is 7.35. The molecule has 0 aromatic heterocycles. The molecule has 0 aromatic carbocycles. The molecule has 7 nitrogen and oxygen atoms in total. The first-order valence-corrected chi connectivity index (χ1v) is 16.5. The molecular formula is C33H56O7. The minimum Gasteiger partial charge on any atom is -0.469 e. The highest BCUT2D eigenvalue weighted by Gasteiger charge is 2.43. The number of esters is 1. The first-order valence-electron chi connectivity index (χ1n) is 16.5. The van der Waals surface area contributed by atoms with Crippen LogP contribution in [0.15, 0.2) is 12.2 Å². The largest absolute Gasteiger partial charge is 0.469 e. The quantitative estimate of drug-likeness (QED) is 0.135. The summed E-state index contributed by atoms with van der Waals surface area (Å²) in [6, 6.07) is 0. The van der Waals surface area contributed by atoms with E-state index in [-0.39, 0.29) is 48.7 Å². The van der Waals surface area contributed by atoms with Crippen molar-refractivity contribution in [1.29, 1.82) is 0 Å². The predicted octanol–water partition coefficient (Wildman–Crippen LogP) is 6.70. The zero-order valence-electron chi connectivity index (χ0n) is 25.2. The van der Waals surface area contributed by atoms with Gasteiger partial charge in [-0.2, -0.15) is 0 Å². The maximum Gasteiger partial charge on any atom is 0.305 e. The third kappa shape index (κ3) is 9.79. The van der Waals surface area contributed by atoms with Crippen LogP contribution in [0.2, 0.25) is 0 Å². The van der Waals surface area contributed by atoms with Crippen molar-refractivity contribution in [2.45, 2.75) is 147 Å². The summed E-state index contributed by atoms with van der Waals surface area (Å²) in [4.78, 5) is 11.4. The fourth-order valence-corrected chi connectivity index (χ4v) is 7.35. The van der Waals surface area contributed by atoms with E-state index in [2.05, 4.69) is 19.1 Å². The van der Waals surface area contributed by atoms with Crippen molar-refractivity contribution in [3.63, 3.8) is 0 Å². The summed E-state index contributed by atoms with van der Waals surface area (Å²) >= 11 is 0. The van der Waals surface area contributed by atoms with E-state index in [1.54, 1.807) is 0 Å². The Kier molecular flexibility index (Phi) is 13.7. The number of hydrogen-bond acceptors (Lipinski definition) is 7. The van der Waals surface area contributed by atoms with Crippen molar-refractivity contribution in [3.8, 4) is 0 Å². The van der Waals surface area contributed by atoms with Gasteiger partial charge in [-0.3, -0.25) is 4.79 Å². The molecule has 0 radical (unpaired) electrons. The standard InChI is InChI=1S/C33H56O7/c1-3-24-16-17-25(22-24)29(39-32-14-8-10-20-37-32)19-18-27-26(12-6-4-5-7-13-31(35)36-2)28(34)23-30(27)40-33-15-9-11-21-38-33/h18-19,24-30,32-34H,3-17,20-23H2,1-2H3/t24?,25?,26-,27-,28+,29-,30-,32?,33?/m1/s1. The van der Waals surface area contributed by atoms with Gasteiger partial charge in [-0.05, 0) is 82.0 Å². The Hall–Kier alpha value is -0.990. The second kappa shape index (κ2) is 17.2. The number of aliphatic hydroxyl groups excluding tert-OH is 1. The topological polar surface area (TPSA) is 83.5 Å². The van der Waals surface area contributed by atoms with Gasteiger partial charge in [0.15, 0.2) is 12.6 Å². The summed E-state index contributed by atoms with van der Waals surface area (Å²) in [6.45, 7) is 3.85. The van der Waals surface area contributed by atoms with E-state index in [4.69, 9.17) is 23.7 Å². The van der Waals surface area contributed by atoms with Gasteiger partial charge < -0.3 is 28.8 Å². The van der Waals surface area contributed by atoms with E-state index in [9.17, 15) is 9.90 Å². The molecule has 2 saturated heterocycles. The molecule has 4 unspecified atom stereocenters. The number of ether oxygens (including phenoxy) is 5. The molecular weight excluding hydrogens is 508 g/mol. The molecule has 4 rings (SSSR count). The Morgan fingerprint density at radius 3 is 2.38 bits per heavy atom. The minimum atomic E-state index is -0.379. The Morgan fingerprint density at radius 1 is 0.950 bits per heavy atom. The van der Waals surface area contributed by atoms with E-state index in [1.807, 2.05) is 0 Å². The van der Waals surface area contributed by atoms with Gasteiger partial charge in [0.1, 0.15) is 0 Å². The van der Waals surface area contributed by atoms with Crippen LogP contribution in [0.4, 0.5) is 0 Å². The minimum absolute atomic E-state index is 0.0442. The molecule has 1 N–H and O–H groups in total. The number of hydrogen-bond donors (Lipinski definition) is 1. The molecule has 0 amide bonds. The van der Waals surface area contributed by atoms with Crippen molar-refractivity contribution in [1.82, 2.24) is 0 Å². The molecule has 2 aliphatic heterocycles. The second-order valence-electron chi connectivity index (χ2n) is 12.7. The van der Waals surface area contributed by atoms with Crippen LogP contribution in [-0.2, 0) is 28.5 Å². The molecule has 0 spiro atoms. The Balaban J connectivity index is 1.41. The first kappa shape index (κ1) is 31.9. The normalized spacial score (nSPS) is 35.8. The lowest BCUT2D eigenvalue weighted by molar-refractivity contribution is -0.193. The van der Waals surface area contributed by atoms with E-state index < -0.39 is 0 Å². The number of carbonyl (C=O) groups excluding carboxylic acids is 1. The summed E-state index contributed by atoms with van der Waals surface area (Å²) in [6.07, 6.45) is 21.4. The van der Waals surface area contributed by atoms with Gasteiger partial charge in [0.25, 0.3) is 0 Å². The summed E-state index contributed by atoms with van der Waals surface area (Å²) in [5, 5.41) is 11.2. The van der Waals surface area contributed by atoms with E-state index in [1.165, 1.54) is 32.8 Å². The van der Waals surface area contributed by atoms with E-state index in [0.717, 1.165) is 89.8 Å². The summed E-state index contributed by atoms with van der Waals surface area (Å²) < 4.78 is 29.9. The third-order valence-corrected chi connectivity index (χ3v) is 9.85. The highest BCUT2D eigenvalue weighted by atomic mass is 16.7. The molecule has 230 valence electrons. The van der Waals surface area contributed by atoms with E-state index >= 15 is 0 Å². The lowest BCUT2D eigenvalue weighted by atomic mass is 9.87. The maximum absolute atomic E-state index is 11.4. The number of unbranched alkanes of at least 4 members (excludes halogenated alkanes) is 3. The predicted molar refractivity (Wildman–Crippen MR) is 155 cm³/mol. The van der Waals surface area contributed by atoms with Crippen LogP contribution in [0.5, 0.6) is 0 Å². The lowest BCUT2D eigenvalue weighted by Crippen LogP contribution is -2.32. The number of methoxy groups -OCH3 is 1. The third-order valence-electron chi connectivity index (χ3n) is 9.85. The van der Waals surface area contributed by atoms with Crippen LogP contribution < -0.4 is 0 Å². The van der Waals surface area contributed by atoms with Crippen LogP contribution in [0.3, 0.4) is 0 Å². The number of aliphatic hydroxyl groups is 1. The van der Waals surface area contributed by atoms with Gasteiger partial charge in [0, 0.05) is 32.0 Å². The van der Waals surface area contributed by atoms with Crippen molar-refractivity contribution < 1.29 is 33.6 Å². The molecule has 0 bridgehead atoms. The van der Waals surface area contributed by atoms with Gasteiger partial charge in [-0.15, -0.1) is 0 Å². The highest BCUT2D eigenvalue weighted by Crippen LogP contribution is 2.42.